The number of aryl methyl sites for hydroxylation is 2. The minimum atomic E-state index is -0.255. The van der Waals surface area contributed by atoms with Crippen molar-refractivity contribution in [2.24, 2.45) is 0 Å². The van der Waals surface area contributed by atoms with E-state index in [1.807, 2.05) is 42.5 Å². The van der Waals surface area contributed by atoms with Crippen molar-refractivity contribution >= 4 is 16.7 Å². The Morgan fingerprint density at radius 3 is 2.42 bits per heavy atom. The number of pyridine rings is 1. The second-order valence-corrected chi connectivity index (χ2v) is 7.73. The maximum absolute atomic E-state index is 13.2. The summed E-state index contributed by atoms with van der Waals surface area (Å²) in [6, 6.07) is 22.1. The topological polar surface area (TPSA) is 74.3 Å². The van der Waals surface area contributed by atoms with E-state index in [1.165, 1.54) is 16.4 Å². The smallest absolute Gasteiger partial charge is 0.352 e. The number of fused-ring (bicyclic) bond motifs is 3. The molecule has 0 radical (unpaired) electrons. The third kappa shape index (κ3) is 4.48. The summed E-state index contributed by atoms with van der Waals surface area (Å²) in [5.41, 5.74) is 4.15. The van der Waals surface area contributed by atoms with Crippen molar-refractivity contribution in [3.05, 3.63) is 100 Å². The van der Waals surface area contributed by atoms with E-state index in [0.29, 0.717) is 17.8 Å². The van der Waals surface area contributed by atoms with E-state index in [1.54, 1.807) is 11.7 Å². The zero-order valence-corrected chi connectivity index (χ0v) is 17.8. The van der Waals surface area contributed by atoms with E-state index in [-0.39, 0.29) is 13.1 Å². The predicted molar refractivity (Wildman–Crippen MR) is 130 cm³/mol. The number of benzene rings is 2. The molecule has 5 aromatic rings. The van der Waals surface area contributed by atoms with Crippen LogP contribution in [-0.2, 0) is 19.4 Å². The highest BCUT2D eigenvalue weighted by atomic mass is 16.5. The van der Waals surface area contributed by atoms with Gasteiger partial charge in [-0.25, -0.2) is 14.8 Å². The summed E-state index contributed by atoms with van der Waals surface area (Å²) in [4.78, 5) is 22.4. The van der Waals surface area contributed by atoms with Crippen molar-refractivity contribution in [2.75, 3.05) is 7.11 Å². The van der Waals surface area contributed by atoms with Gasteiger partial charge in [0.1, 0.15) is 17.7 Å². The average molecular weight is 442 g/mol. The lowest BCUT2D eigenvalue weighted by Crippen LogP contribution is -2.29. The van der Waals surface area contributed by atoms with Crippen LogP contribution in [0.15, 0.2) is 77.9 Å². The molecule has 0 spiro atoms. The Labute approximate surface area is 192 Å². The van der Waals surface area contributed by atoms with E-state index >= 15 is 0 Å². The quantitative estimate of drug-likeness (QED) is 0.376. The molecule has 0 aliphatic heterocycles. The van der Waals surface area contributed by atoms with Crippen LogP contribution in [-0.4, -0.2) is 31.3 Å². The van der Waals surface area contributed by atoms with Crippen LogP contribution in [0.4, 0.5) is 0 Å². The maximum atomic E-state index is 13.2. The van der Waals surface area contributed by atoms with Crippen molar-refractivity contribution in [1.29, 1.82) is 0 Å². The Kier molecular flexibility index (Phi) is 6.49. The number of aromatic nitrogens is 5. The predicted octanol–water partition coefficient (Wildman–Crippen LogP) is 4.31. The third-order valence-electron chi connectivity index (χ3n) is 5.63. The van der Waals surface area contributed by atoms with E-state index in [9.17, 15) is 4.79 Å². The number of hydrogen-bond acceptors (Lipinski definition) is 5. The van der Waals surface area contributed by atoms with E-state index < -0.39 is 0 Å². The number of methoxy groups -OCH3 is 1. The van der Waals surface area contributed by atoms with Crippen LogP contribution in [0.3, 0.4) is 0 Å². The summed E-state index contributed by atoms with van der Waals surface area (Å²) in [6.07, 6.45) is 4.21. The van der Waals surface area contributed by atoms with Crippen molar-refractivity contribution < 1.29 is 4.74 Å². The van der Waals surface area contributed by atoms with Gasteiger partial charge >= 0.3 is 5.69 Å². The minimum absolute atomic E-state index is 0. The molecular weight excluding hydrogens is 414 g/mol. The fourth-order valence-electron chi connectivity index (χ4n) is 3.95. The van der Waals surface area contributed by atoms with Gasteiger partial charge in [0.05, 0.1) is 19.0 Å². The van der Waals surface area contributed by atoms with Gasteiger partial charge < -0.3 is 4.74 Å². The Morgan fingerprint density at radius 1 is 0.879 bits per heavy atom. The molecule has 3 heterocycles. The summed E-state index contributed by atoms with van der Waals surface area (Å²) in [7, 11) is 1.63. The van der Waals surface area contributed by atoms with Crippen LogP contribution in [0.2, 0.25) is 0 Å². The van der Waals surface area contributed by atoms with Crippen LogP contribution in [0, 0.1) is 0 Å². The van der Waals surface area contributed by atoms with E-state index in [4.69, 9.17) is 9.72 Å². The lowest BCUT2D eigenvalue weighted by Gasteiger charge is -2.12. The molecule has 0 saturated carbocycles. The van der Waals surface area contributed by atoms with Crippen molar-refractivity contribution in [3.8, 4) is 5.75 Å². The first-order valence-electron chi connectivity index (χ1n) is 10.6. The van der Waals surface area contributed by atoms with Crippen molar-refractivity contribution in [3.63, 3.8) is 0 Å². The summed E-state index contributed by atoms with van der Waals surface area (Å²) < 4.78 is 8.24. The standard InChI is InChI=1S/C25H23N5O2.CH4/c1-32-21-13-10-19(11-14-21)16-29-24-22(23-26-17-27-30(23)25(29)31)15-12-20(28-24)9-5-8-18-6-3-2-4-7-18;/h2-4,6-7,10-15,17H,5,8-9,16H2,1H3;1H4. The van der Waals surface area contributed by atoms with Crippen LogP contribution >= 0.6 is 0 Å². The molecule has 0 atom stereocenters. The molecule has 0 bridgehead atoms. The van der Waals surface area contributed by atoms with Gasteiger partial charge in [0.15, 0.2) is 5.65 Å². The van der Waals surface area contributed by atoms with Gasteiger partial charge in [0, 0.05) is 5.69 Å². The lowest BCUT2D eigenvalue weighted by molar-refractivity contribution is 0.414. The molecule has 5 rings (SSSR count). The van der Waals surface area contributed by atoms with Gasteiger partial charge in [-0.15, -0.1) is 0 Å². The van der Waals surface area contributed by atoms with Crippen molar-refractivity contribution in [1.82, 2.24) is 24.1 Å². The summed E-state index contributed by atoms with van der Waals surface area (Å²) in [5, 5.41) is 4.94. The molecule has 0 saturated heterocycles. The SMILES string of the molecule is C.COc1ccc(Cn2c(=O)n3ncnc3c3ccc(CCCc4ccccc4)nc32)cc1. The first kappa shape index (κ1) is 22.2. The molecule has 7 heteroatoms. The molecule has 0 amide bonds. The second kappa shape index (κ2) is 9.65. The molecular formula is C26H27N5O2. The van der Waals surface area contributed by atoms with Gasteiger partial charge in [-0.2, -0.15) is 9.61 Å². The fraction of sp³-hybridized carbons (Fsp3) is 0.231. The number of hydrogen-bond donors (Lipinski definition) is 0. The van der Waals surface area contributed by atoms with Gasteiger partial charge in [0.25, 0.3) is 0 Å². The van der Waals surface area contributed by atoms with Crippen LogP contribution in [0.5, 0.6) is 5.75 Å². The lowest BCUT2D eigenvalue weighted by atomic mass is 10.1. The molecule has 7 nitrogen and oxygen atoms in total. The Bertz CT molecular complexity index is 1420. The Balaban J connectivity index is 0.00000259. The molecule has 2 aromatic carbocycles. The van der Waals surface area contributed by atoms with Gasteiger partial charge in [-0.3, -0.25) is 4.57 Å². The molecule has 0 unspecified atom stereocenters. The first-order chi connectivity index (χ1) is 15.7. The van der Waals surface area contributed by atoms with Gasteiger partial charge in [-0.05, 0) is 54.7 Å². The first-order valence-corrected chi connectivity index (χ1v) is 10.6. The largest absolute Gasteiger partial charge is 0.497 e. The van der Waals surface area contributed by atoms with Crippen LogP contribution in [0.25, 0.3) is 16.7 Å². The molecule has 3 aromatic heterocycles. The Hall–Kier alpha value is -4.00. The Morgan fingerprint density at radius 2 is 1.67 bits per heavy atom. The van der Waals surface area contributed by atoms with E-state index in [2.05, 4.69) is 34.3 Å². The number of ether oxygens (including phenoxy) is 1. The fourth-order valence-corrected chi connectivity index (χ4v) is 3.95. The number of nitrogens with zero attached hydrogens (tertiary/aromatic N) is 5. The zero-order valence-electron chi connectivity index (χ0n) is 17.8. The monoisotopic (exact) mass is 441 g/mol. The van der Waals surface area contributed by atoms with Crippen LogP contribution in [0.1, 0.15) is 30.7 Å². The minimum Gasteiger partial charge on any atom is -0.497 e. The van der Waals surface area contributed by atoms with Gasteiger partial charge in [-0.1, -0.05) is 49.9 Å². The highest BCUT2D eigenvalue weighted by Gasteiger charge is 2.15. The summed E-state index contributed by atoms with van der Waals surface area (Å²) in [5.74, 6) is 0.775. The highest BCUT2D eigenvalue weighted by molar-refractivity contribution is 5.88. The highest BCUT2D eigenvalue weighted by Crippen LogP contribution is 2.19. The summed E-state index contributed by atoms with van der Waals surface area (Å²) in [6.45, 7) is 0.385. The van der Waals surface area contributed by atoms with Crippen molar-refractivity contribution in [2.45, 2.75) is 33.2 Å². The zero-order chi connectivity index (χ0) is 21.9. The molecule has 0 fully saturated rings. The normalized spacial score (nSPS) is 10.9. The van der Waals surface area contributed by atoms with Crippen LogP contribution < -0.4 is 10.4 Å². The van der Waals surface area contributed by atoms with Gasteiger partial charge in [0.2, 0.25) is 0 Å². The molecule has 0 N–H and O–H groups in total. The maximum Gasteiger partial charge on any atom is 0.352 e. The summed E-state index contributed by atoms with van der Waals surface area (Å²) >= 11 is 0. The van der Waals surface area contributed by atoms with E-state index in [0.717, 1.165) is 41.7 Å². The molecule has 0 aliphatic rings. The molecule has 33 heavy (non-hydrogen) atoms. The third-order valence-corrected chi connectivity index (χ3v) is 5.63. The molecule has 168 valence electrons. The average Bonchev–Trinajstić information content (AvgIpc) is 3.33. The second-order valence-electron chi connectivity index (χ2n) is 7.73. The number of rotatable bonds is 7. The molecule has 0 aliphatic carbocycles.